The van der Waals surface area contributed by atoms with Crippen molar-refractivity contribution >= 4 is 83.0 Å². The van der Waals surface area contributed by atoms with Crippen LogP contribution < -0.4 is 81.0 Å². The molecule has 23 N–H and O–H groups in total. The molecule has 15 atom stereocenters. The van der Waals surface area contributed by atoms with E-state index < -0.39 is 199 Å². The third kappa shape index (κ3) is 29.3. The number of benzene rings is 2. The third-order valence-electron chi connectivity index (χ3n) is 16.2. The van der Waals surface area contributed by atoms with Crippen LogP contribution in [0.3, 0.4) is 0 Å². The predicted octanol–water partition coefficient (Wildman–Crippen LogP) is -4.17. The van der Waals surface area contributed by atoms with Crippen molar-refractivity contribution in [3.63, 3.8) is 0 Å². The van der Waals surface area contributed by atoms with Crippen LogP contribution in [0.4, 0.5) is 4.79 Å². The van der Waals surface area contributed by atoms with Gasteiger partial charge in [0.2, 0.25) is 65.0 Å². The summed E-state index contributed by atoms with van der Waals surface area (Å²) >= 11 is 0. The summed E-state index contributed by atoms with van der Waals surface area (Å²) in [5, 5.41) is 81.1. The number of ether oxygens (including phenoxy) is 2. The normalized spacial score (nSPS) is 23.1. The Morgan fingerprint density at radius 2 is 1.21 bits per heavy atom. The lowest BCUT2D eigenvalue weighted by Crippen LogP contribution is -2.64. The van der Waals surface area contributed by atoms with Crippen molar-refractivity contribution in [1.82, 2.24) is 63.8 Å². The smallest absolute Gasteiger partial charge is 0.407 e. The summed E-state index contributed by atoms with van der Waals surface area (Å²) < 4.78 is 11.2. The molecule has 562 valence electrons. The Morgan fingerprint density at radius 1 is 0.644 bits per heavy atom. The number of guanidine groups is 1. The van der Waals surface area contributed by atoms with E-state index in [0.29, 0.717) is 12.8 Å². The monoisotopic (exact) mass is 1420 g/mol. The number of hydrogen-bond acceptors (Lipinski definition) is 21. The second-order valence-electron chi connectivity index (χ2n) is 25.9. The molecule has 35 nitrogen and oxygen atoms in total. The predicted molar refractivity (Wildman–Crippen MR) is 364 cm³/mol. The molecule has 0 radical (unpaired) electrons. The van der Waals surface area contributed by atoms with Crippen LogP contribution in [0, 0.1) is 29.1 Å². The SMILES string of the molecule is CC[C@H](C)C1NC(=O)[C@@H](CCCNC(=N)N)NC(=O)[C@H](CC(C)C)NC(=O)[C@H]([C@H](O)C(C)C)NC(=O)[C@@H](NC(=O)[C@H](CC(C)C)NC(=O)[C@H](N)CCCCNC(=O)OCc2ccccc2)[C@@H](c2ccccc2)OC(=O)[C@H](CO)NC(=O)[C@H]([C@H](O)C(N)=O)NC(=O)CNC(=O)C([C@H](C)O)NC1=O. The average molecular weight is 1430 g/mol. The molecular formula is C66H104N16O19. The van der Waals surface area contributed by atoms with Gasteiger partial charge < -0.3 is 111 Å². The molecule has 1 aliphatic rings. The molecule has 0 saturated carbocycles. The van der Waals surface area contributed by atoms with Crippen molar-refractivity contribution in [2.75, 3.05) is 26.2 Å². The van der Waals surface area contributed by atoms with E-state index in [1.54, 1.807) is 65.8 Å². The van der Waals surface area contributed by atoms with Crippen molar-refractivity contribution in [3.8, 4) is 0 Å². The number of primary amides is 1. The second kappa shape index (κ2) is 43.2. The highest BCUT2D eigenvalue weighted by Crippen LogP contribution is 2.25. The Kier molecular flexibility index (Phi) is 36.6. The highest BCUT2D eigenvalue weighted by Gasteiger charge is 2.44. The summed E-state index contributed by atoms with van der Waals surface area (Å²) in [4.78, 5) is 184. The van der Waals surface area contributed by atoms with E-state index in [4.69, 9.17) is 32.1 Å². The van der Waals surface area contributed by atoms with E-state index >= 15 is 4.79 Å². The Balaban J connectivity index is 2.30. The van der Waals surface area contributed by atoms with Gasteiger partial charge in [0.25, 0.3) is 0 Å². The fourth-order valence-corrected chi connectivity index (χ4v) is 10.2. The third-order valence-corrected chi connectivity index (χ3v) is 16.2. The molecule has 35 heteroatoms. The van der Waals surface area contributed by atoms with E-state index in [0.717, 1.165) is 12.5 Å². The van der Waals surface area contributed by atoms with Crippen LogP contribution in [0.5, 0.6) is 0 Å². The Labute approximate surface area is 586 Å². The van der Waals surface area contributed by atoms with E-state index in [-0.39, 0.29) is 69.7 Å². The number of carbonyl (C=O) groups excluding carboxylic acids is 13. The molecule has 1 heterocycles. The van der Waals surface area contributed by atoms with Crippen LogP contribution in [0.15, 0.2) is 60.7 Å². The maximum atomic E-state index is 15.5. The van der Waals surface area contributed by atoms with Crippen molar-refractivity contribution < 1.29 is 92.2 Å². The van der Waals surface area contributed by atoms with Crippen LogP contribution in [0.25, 0.3) is 0 Å². The first-order valence-corrected chi connectivity index (χ1v) is 33.6. The molecule has 0 aliphatic carbocycles. The second-order valence-corrected chi connectivity index (χ2v) is 25.9. The van der Waals surface area contributed by atoms with Crippen LogP contribution in [-0.4, -0.2) is 208 Å². The molecule has 2 aromatic carbocycles. The maximum absolute atomic E-state index is 15.5. The summed E-state index contributed by atoms with van der Waals surface area (Å²) in [5.74, 6) is -17.8. The number of carbonyl (C=O) groups is 13. The highest BCUT2D eigenvalue weighted by molar-refractivity contribution is 6.00. The van der Waals surface area contributed by atoms with Gasteiger partial charge in [-0.2, -0.15) is 0 Å². The molecule has 101 heavy (non-hydrogen) atoms. The topological polar surface area (TPSA) is 568 Å². The average Bonchev–Trinajstić information content (AvgIpc) is 0.813. The van der Waals surface area contributed by atoms with Gasteiger partial charge in [-0.15, -0.1) is 0 Å². The quantitative estimate of drug-likeness (QED) is 0.0166. The van der Waals surface area contributed by atoms with Gasteiger partial charge in [-0.05, 0) is 86.7 Å². The van der Waals surface area contributed by atoms with E-state index in [9.17, 15) is 78.0 Å². The molecule has 1 aliphatic heterocycles. The standard InChI is InChI=1S/C66H104N16O19/c1-10-36(8)46-60(94)80-47(37(9)84)59(93)73-30-45(85)78-49(52(87)54(68)88)62(96)77-44(31-83)64(98)101-53(39-22-15-12-16-23-39)50(82-58(92)43(29-34(4)5)75-55(89)40(67)24-17-18-26-72-66(99)100-32-38-20-13-11-14-21-38)63(97)81-48(51(86)35(6)7)61(95)76-42(28-33(2)3)57(91)74-41(56(90)79-46)25-19-27-71-65(69)70/h11-16,20-23,33-37,40-44,46-53,83-84,86-87H,10,17-19,24-32,67H2,1-9H3,(H2,68,88)(H,72,99)(H,73,93)(H,74,91)(H,75,89)(H,76,95)(H,77,96)(H,78,85)(H,79,90)(H,80,94)(H,81,97)(H,82,92)(H4,69,70,71)/t36-,37-,40+,41+,42-,43-,44-,46?,47?,48-,49-,50-,51+,52-,53+/m0/s1. The number of unbranched alkanes of at least 4 members (excludes halogenated alkanes) is 1. The molecule has 2 unspecified atom stereocenters. The van der Waals surface area contributed by atoms with Gasteiger partial charge >= 0.3 is 12.1 Å². The lowest BCUT2D eigenvalue weighted by Gasteiger charge is -2.33. The molecular weight excluding hydrogens is 1320 g/mol. The number of alkyl carbamates (subject to hydrolysis) is 1. The molecule has 3 rings (SSSR count). The molecule has 0 aromatic heterocycles. The number of cyclic esters (lactones) is 1. The van der Waals surface area contributed by atoms with Crippen molar-refractivity contribution in [1.29, 1.82) is 5.41 Å². The molecule has 1 saturated heterocycles. The van der Waals surface area contributed by atoms with Gasteiger partial charge in [0.1, 0.15) is 54.9 Å². The van der Waals surface area contributed by atoms with E-state index in [1.807, 2.05) is 16.7 Å². The largest absolute Gasteiger partial charge is 0.453 e. The summed E-state index contributed by atoms with van der Waals surface area (Å²) in [6, 6.07) is -2.30. The number of rotatable bonds is 28. The Bertz CT molecular complexity index is 3110. The number of esters is 1. The first kappa shape index (κ1) is 85.6. The zero-order valence-electron chi connectivity index (χ0n) is 58.5. The Morgan fingerprint density at radius 3 is 1.78 bits per heavy atom. The van der Waals surface area contributed by atoms with Gasteiger partial charge in [-0.3, -0.25) is 58.1 Å². The summed E-state index contributed by atoms with van der Waals surface area (Å²) in [7, 11) is 0. The van der Waals surface area contributed by atoms with E-state index in [1.165, 1.54) is 44.2 Å². The van der Waals surface area contributed by atoms with Crippen LogP contribution in [0.1, 0.15) is 131 Å². The fourth-order valence-electron chi connectivity index (χ4n) is 10.2. The van der Waals surface area contributed by atoms with Gasteiger partial charge in [-0.25, -0.2) is 9.59 Å². The zero-order chi connectivity index (χ0) is 75.8. The minimum absolute atomic E-state index is 0.000385. The minimum Gasteiger partial charge on any atom is -0.453 e. The fraction of sp³-hybridized carbons (Fsp3) is 0.606. The number of nitrogens with two attached hydrogens (primary N) is 3. The Hall–Kier alpha value is -9.58. The first-order chi connectivity index (χ1) is 47.6. The number of aliphatic hydroxyl groups is 4. The van der Waals surface area contributed by atoms with Crippen LogP contribution in [-0.2, 0) is 73.6 Å². The lowest BCUT2D eigenvalue weighted by molar-refractivity contribution is -0.159. The molecule has 0 bridgehead atoms. The van der Waals surface area contributed by atoms with Gasteiger partial charge in [-0.1, -0.05) is 122 Å². The van der Waals surface area contributed by atoms with Gasteiger partial charge in [0.05, 0.1) is 31.4 Å². The first-order valence-electron chi connectivity index (χ1n) is 33.6. The van der Waals surface area contributed by atoms with Crippen molar-refractivity contribution in [2.45, 2.75) is 205 Å². The number of nitrogens with one attached hydrogen (secondary N) is 13. The number of aliphatic hydroxyl groups excluding tert-OH is 4. The van der Waals surface area contributed by atoms with Gasteiger partial charge in [0.15, 0.2) is 24.2 Å². The highest BCUT2D eigenvalue weighted by atomic mass is 16.6. The van der Waals surface area contributed by atoms with Crippen molar-refractivity contribution in [2.24, 2.45) is 40.9 Å². The van der Waals surface area contributed by atoms with Crippen molar-refractivity contribution in [3.05, 3.63) is 71.8 Å². The molecule has 12 amide bonds. The zero-order valence-corrected chi connectivity index (χ0v) is 58.5. The van der Waals surface area contributed by atoms with E-state index in [2.05, 4.69) is 53.2 Å². The lowest BCUT2D eigenvalue weighted by atomic mass is 9.95. The van der Waals surface area contributed by atoms with Crippen LogP contribution >= 0.6 is 0 Å². The summed E-state index contributed by atoms with van der Waals surface area (Å²) in [6.07, 6.45) is -8.44. The van der Waals surface area contributed by atoms with Gasteiger partial charge in [0, 0.05) is 13.1 Å². The summed E-state index contributed by atoms with van der Waals surface area (Å²) in [5.41, 5.74) is 17.9. The maximum Gasteiger partial charge on any atom is 0.407 e. The molecule has 0 spiro atoms. The number of hydrogen-bond donors (Lipinski definition) is 20. The molecule has 1 fully saturated rings. The number of amides is 12. The minimum atomic E-state index is -2.60. The van der Waals surface area contributed by atoms with Crippen LogP contribution in [0.2, 0.25) is 0 Å². The molecule has 2 aromatic rings. The summed E-state index contributed by atoms with van der Waals surface area (Å²) in [6.45, 7) is 11.8.